The normalized spacial score (nSPS) is 10.6. The van der Waals surface area contributed by atoms with E-state index in [0.717, 1.165) is 19.6 Å². The van der Waals surface area contributed by atoms with Crippen molar-refractivity contribution in [3.8, 4) is 5.75 Å². The molecule has 25 heavy (non-hydrogen) atoms. The Morgan fingerprint density at radius 3 is 2.68 bits per heavy atom. The van der Waals surface area contributed by atoms with Crippen molar-refractivity contribution in [2.45, 2.75) is 13.8 Å². The minimum absolute atomic E-state index is 0.196. The lowest BCUT2D eigenvalue weighted by atomic mass is 10.2. The molecule has 0 saturated heterocycles. The molecule has 0 aliphatic carbocycles. The number of nitrogens with zero attached hydrogens (tertiary/aromatic N) is 2. The van der Waals surface area contributed by atoms with Crippen molar-refractivity contribution < 1.29 is 9.53 Å². The van der Waals surface area contributed by atoms with Gasteiger partial charge in [-0.15, -0.1) is 0 Å². The summed E-state index contributed by atoms with van der Waals surface area (Å²) in [5.74, 6) is 1.13. The van der Waals surface area contributed by atoms with Gasteiger partial charge in [0, 0.05) is 25.4 Å². The highest BCUT2D eigenvalue weighted by Crippen LogP contribution is 2.24. The number of pyridine rings is 1. The van der Waals surface area contributed by atoms with Crippen molar-refractivity contribution in [2.75, 3.05) is 43.9 Å². The van der Waals surface area contributed by atoms with Crippen LogP contribution in [-0.4, -0.2) is 49.1 Å². The standard InChI is InChI=1S/C19H26N4O2/c1-4-23(5-2)12-13-25-17-9-7-6-8-16(17)22-19(24)15-10-11-21-18(14-15)20-3/h6-11,14H,4-5,12-13H2,1-3H3,(H,20,21)(H,22,24). The van der Waals surface area contributed by atoms with Gasteiger partial charge in [-0.3, -0.25) is 4.79 Å². The van der Waals surface area contributed by atoms with Gasteiger partial charge in [-0.2, -0.15) is 0 Å². The first-order chi connectivity index (χ1) is 12.2. The van der Waals surface area contributed by atoms with Crippen molar-refractivity contribution in [3.05, 3.63) is 48.2 Å². The number of aromatic nitrogens is 1. The number of ether oxygens (including phenoxy) is 1. The molecule has 1 aromatic carbocycles. The van der Waals surface area contributed by atoms with Crippen LogP contribution in [0.3, 0.4) is 0 Å². The van der Waals surface area contributed by atoms with Crippen LogP contribution in [-0.2, 0) is 0 Å². The number of carbonyl (C=O) groups is 1. The summed E-state index contributed by atoms with van der Waals surface area (Å²) in [6.07, 6.45) is 1.60. The first kappa shape index (κ1) is 18.7. The van der Waals surface area contributed by atoms with Gasteiger partial charge in [0.25, 0.3) is 5.91 Å². The van der Waals surface area contributed by atoms with E-state index < -0.39 is 0 Å². The lowest BCUT2D eigenvalue weighted by molar-refractivity contribution is 0.102. The van der Waals surface area contributed by atoms with E-state index in [9.17, 15) is 4.79 Å². The van der Waals surface area contributed by atoms with E-state index in [-0.39, 0.29) is 5.91 Å². The summed E-state index contributed by atoms with van der Waals surface area (Å²) in [6.45, 7) is 7.68. The second-order valence-electron chi connectivity index (χ2n) is 5.51. The van der Waals surface area contributed by atoms with Crippen molar-refractivity contribution in [3.63, 3.8) is 0 Å². The number of likely N-dealkylation sites (N-methyl/N-ethyl adjacent to an activating group) is 1. The van der Waals surface area contributed by atoms with E-state index in [0.29, 0.717) is 29.4 Å². The molecule has 0 bridgehead atoms. The van der Waals surface area contributed by atoms with Crippen LogP contribution >= 0.6 is 0 Å². The topological polar surface area (TPSA) is 66.5 Å². The van der Waals surface area contributed by atoms with Gasteiger partial charge in [0.15, 0.2) is 0 Å². The Morgan fingerprint density at radius 2 is 1.96 bits per heavy atom. The molecular formula is C19H26N4O2. The molecule has 0 saturated carbocycles. The fourth-order valence-corrected chi connectivity index (χ4v) is 2.42. The molecule has 1 amide bonds. The molecule has 0 atom stereocenters. The summed E-state index contributed by atoms with van der Waals surface area (Å²) in [6, 6.07) is 10.9. The van der Waals surface area contributed by atoms with Gasteiger partial charge in [-0.05, 0) is 37.4 Å². The van der Waals surface area contributed by atoms with Gasteiger partial charge in [0.1, 0.15) is 18.2 Å². The molecule has 0 unspecified atom stereocenters. The minimum atomic E-state index is -0.196. The molecule has 1 heterocycles. The summed E-state index contributed by atoms with van der Waals surface area (Å²) in [5, 5.41) is 5.84. The van der Waals surface area contributed by atoms with Crippen LogP contribution in [0, 0.1) is 0 Å². The predicted octanol–water partition coefficient (Wildman–Crippen LogP) is 3.10. The van der Waals surface area contributed by atoms with Crippen molar-refractivity contribution in [1.82, 2.24) is 9.88 Å². The van der Waals surface area contributed by atoms with Crippen LogP contribution in [0.5, 0.6) is 5.75 Å². The van der Waals surface area contributed by atoms with Crippen molar-refractivity contribution >= 4 is 17.4 Å². The zero-order valence-corrected chi connectivity index (χ0v) is 15.1. The third-order valence-electron chi connectivity index (χ3n) is 3.97. The van der Waals surface area contributed by atoms with Gasteiger partial charge in [-0.25, -0.2) is 4.98 Å². The van der Waals surface area contributed by atoms with E-state index in [1.807, 2.05) is 24.3 Å². The zero-order valence-electron chi connectivity index (χ0n) is 15.1. The molecule has 0 fully saturated rings. The van der Waals surface area contributed by atoms with Crippen molar-refractivity contribution in [2.24, 2.45) is 0 Å². The molecule has 2 N–H and O–H groups in total. The smallest absolute Gasteiger partial charge is 0.255 e. The van der Waals surface area contributed by atoms with E-state index in [2.05, 4.69) is 34.4 Å². The van der Waals surface area contributed by atoms with Crippen LogP contribution in [0.15, 0.2) is 42.6 Å². The Bertz CT molecular complexity index is 687. The Kier molecular flexibility index (Phi) is 7.22. The fourth-order valence-electron chi connectivity index (χ4n) is 2.42. The van der Waals surface area contributed by atoms with E-state index >= 15 is 0 Å². The van der Waals surface area contributed by atoms with E-state index in [1.165, 1.54) is 0 Å². The number of rotatable bonds is 9. The maximum Gasteiger partial charge on any atom is 0.255 e. The molecule has 134 valence electrons. The highest BCUT2D eigenvalue weighted by atomic mass is 16.5. The number of amides is 1. The second-order valence-corrected chi connectivity index (χ2v) is 5.51. The third kappa shape index (κ3) is 5.46. The molecule has 2 rings (SSSR count). The molecule has 0 aliphatic rings. The summed E-state index contributed by atoms with van der Waals surface area (Å²) >= 11 is 0. The molecular weight excluding hydrogens is 316 g/mol. The van der Waals surface area contributed by atoms with E-state index in [4.69, 9.17) is 4.74 Å². The Labute approximate surface area is 149 Å². The number of hydrogen-bond acceptors (Lipinski definition) is 5. The van der Waals surface area contributed by atoms with Crippen molar-refractivity contribution in [1.29, 1.82) is 0 Å². The second kappa shape index (κ2) is 9.64. The quantitative estimate of drug-likeness (QED) is 0.733. The number of benzene rings is 1. The highest BCUT2D eigenvalue weighted by molar-refractivity contribution is 6.05. The first-order valence-corrected chi connectivity index (χ1v) is 8.57. The SMILES string of the molecule is CCN(CC)CCOc1ccccc1NC(=O)c1ccnc(NC)c1. The molecule has 2 aromatic rings. The van der Waals surface area contributed by atoms with Crippen LogP contribution in [0.25, 0.3) is 0 Å². The summed E-state index contributed by atoms with van der Waals surface area (Å²) in [4.78, 5) is 18.9. The highest BCUT2D eigenvalue weighted by Gasteiger charge is 2.11. The number of hydrogen-bond donors (Lipinski definition) is 2. The van der Waals surface area contributed by atoms with Crippen LogP contribution in [0.2, 0.25) is 0 Å². The Balaban J connectivity index is 2.03. The number of para-hydroxylation sites is 2. The summed E-state index contributed by atoms with van der Waals surface area (Å²) in [5.41, 5.74) is 1.20. The number of nitrogens with one attached hydrogen (secondary N) is 2. The third-order valence-corrected chi connectivity index (χ3v) is 3.97. The largest absolute Gasteiger partial charge is 0.490 e. The van der Waals surface area contributed by atoms with E-state index in [1.54, 1.807) is 25.4 Å². The van der Waals surface area contributed by atoms with Crippen LogP contribution in [0.4, 0.5) is 11.5 Å². The molecule has 6 nitrogen and oxygen atoms in total. The van der Waals surface area contributed by atoms with Gasteiger partial charge < -0.3 is 20.3 Å². The molecule has 0 spiro atoms. The van der Waals surface area contributed by atoms with Gasteiger partial charge in [-0.1, -0.05) is 26.0 Å². The van der Waals surface area contributed by atoms with Gasteiger partial charge >= 0.3 is 0 Å². The molecule has 1 aromatic heterocycles. The van der Waals surface area contributed by atoms with Gasteiger partial charge in [0.2, 0.25) is 0 Å². The minimum Gasteiger partial charge on any atom is -0.490 e. The maximum atomic E-state index is 12.5. The number of carbonyl (C=O) groups excluding carboxylic acids is 1. The lowest BCUT2D eigenvalue weighted by Crippen LogP contribution is -2.28. The Hall–Kier alpha value is -2.60. The zero-order chi connectivity index (χ0) is 18.1. The lowest BCUT2D eigenvalue weighted by Gasteiger charge is -2.19. The fraction of sp³-hybridized carbons (Fsp3) is 0.368. The molecule has 0 radical (unpaired) electrons. The first-order valence-electron chi connectivity index (χ1n) is 8.57. The number of anilines is 2. The average molecular weight is 342 g/mol. The van der Waals surface area contributed by atoms with Crippen LogP contribution < -0.4 is 15.4 Å². The Morgan fingerprint density at radius 1 is 1.20 bits per heavy atom. The van der Waals surface area contributed by atoms with Gasteiger partial charge in [0.05, 0.1) is 5.69 Å². The summed E-state index contributed by atoms with van der Waals surface area (Å²) < 4.78 is 5.87. The molecule has 0 aliphatic heterocycles. The molecule has 6 heteroatoms. The maximum absolute atomic E-state index is 12.5. The monoisotopic (exact) mass is 342 g/mol. The average Bonchev–Trinajstić information content (AvgIpc) is 2.66. The predicted molar refractivity (Wildman–Crippen MR) is 101 cm³/mol. The van der Waals surface area contributed by atoms with Crippen LogP contribution in [0.1, 0.15) is 24.2 Å². The summed E-state index contributed by atoms with van der Waals surface area (Å²) in [7, 11) is 1.77.